The molecule has 0 fully saturated rings. The van der Waals surface area contributed by atoms with Gasteiger partial charge in [-0.25, -0.2) is 5.53 Å². The third-order valence-electron chi connectivity index (χ3n) is 0.0913. The number of nitrogens with zero attached hydrogens (tertiary/aromatic N) is 1. The van der Waals surface area contributed by atoms with Gasteiger partial charge >= 0.3 is 0 Å². The van der Waals surface area contributed by atoms with Crippen LogP contribution in [0.2, 0.25) is 0 Å². The van der Waals surface area contributed by atoms with Crippen LogP contribution >= 0.6 is 0 Å². The molecule has 0 heterocycles. The molecule has 0 atom stereocenters. The van der Waals surface area contributed by atoms with Crippen LogP contribution in [0.5, 0.6) is 0 Å². The molecule has 5 heavy (non-hydrogen) atoms. The summed E-state index contributed by atoms with van der Waals surface area (Å²) < 4.78 is 0. The van der Waals surface area contributed by atoms with Crippen molar-refractivity contribution in [2.24, 2.45) is 5.11 Å². The van der Waals surface area contributed by atoms with Crippen molar-refractivity contribution in [3.63, 3.8) is 0 Å². The van der Waals surface area contributed by atoms with Gasteiger partial charge in [-0.1, -0.05) is 6.58 Å². The van der Waals surface area contributed by atoms with E-state index in [9.17, 15) is 0 Å². The van der Waals surface area contributed by atoms with Crippen molar-refractivity contribution in [3.05, 3.63) is 12.8 Å². The third kappa shape index (κ3) is 15.7. The standard InChI is InChI=1S/C2H4N2.Mo/c1-2-4-3;/h2-3H,1H2;. The van der Waals surface area contributed by atoms with Crippen LogP contribution in [-0.4, -0.2) is 0 Å². The molecule has 0 rings (SSSR count). The van der Waals surface area contributed by atoms with Crippen molar-refractivity contribution in [1.82, 2.24) is 0 Å². The maximum absolute atomic E-state index is 5.96. The Labute approximate surface area is 45.0 Å². The van der Waals surface area contributed by atoms with Crippen LogP contribution in [0.15, 0.2) is 17.9 Å². The summed E-state index contributed by atoms with van der Waals surface area (Å²) in [4.78, 5) is 0. The Balaban J connectivity index is 0. The number of rotatable bonds is 1. The molecule has 28 valence electrons. The fourth-order valence-electron chi connectivity index (χ4n) is 0. The summed E-state index contributed by atoms with van der Waals surface area (Å²) in [5.74, 6) is 0. The molecule has 0 aliphatic rings. The van der Waals surface area contributed by atoms with E-state index in [0.29, 0.717) is 0 Å². The van der Waals surface area contributed by atoms with Crippen LogP contribution in [0.25, 0.3) is 0 Å². The van der Waals surface area contributed by atoms with Crippen molar-refractivity contribution in [1.29, 1.82) is 5.53 Å². The first kappa shape index (κ1) is 8.90. The summed E-state index contributed by atoms with van der Waals surface area (Å²) in [6.45, 7) is 3.12. The van der Waals surface area contributed by atoms with Crippen molar-refractivity contribution < 1.29 is 21.1 Å². The van der Waals surface area contributed by atoms with Gasteiger partial charge in [-0.05, 0) is 0 Å². The molecule has 0 unspecified atom stereocenters. The molecule has 0 spiro atoms. The Hall–Kier alpha value is 0.0283. The second-order valence-electron chi connectivity index (χ2n) is 0.312. The van der Waals surface area contributed by atoms with E-state index in [4.69, 9.17) is 5.53 Å². The fourth-order valence-corrected chi connectivity index (χ4v) is 0. The van der Waals surface area contributed by atoms with Crippen molar-refractivity contribution in [2.45, 2.75) is 0 Å². The SMILES string of the molecule is C=CN=N.[Mo]. The van der Waals surface area contributed by atoms with Gasteiger partial charge in [0.25, 0.3) is 0 Å². The molecule has 0 aromatic rings. The first-order chi connectivity index (χ1) is 1.91. The van der Waals surface area contributed by atoms with Gasteiger partial charge in [0, 0.05) is 27.3 Å². The van der Waals surface area contributed by atoms with E-state index < -0.39 is 0 Å². The summed E-state index contributed by atoms with van der Waals surface area (Å²) >= 11 is 0. The Bertz CT molecular complexity index is 28.6. The molecule has 0 aliphatic heterocycles. The minimum atomic E-state index is 0. The normalized spacial score (nSPS) is 4.00. The summed E-state index contributed by atoms with van der Waals surface area (Å²) in [7, 11) is 0. The quantitative estimate of drug-likeness (QED) is 0.432. The summed E-state index contributed by atoms with van der Waals surface area (Å²) in [6.07, 6.45) is 1.17. The predicted molar refractivity (Wildman–Crippen MR) is 15.3 cm³/mol. The Morgan fingerprint density at radius 3 is 2.00 bits per heavy atom. The van der Waals surface area contributed by atoms with E-state index in [0.717, 1.165) is 0 Å². The largest absolute Gasteiger partial charge is 0.205 e. The smallest absolute Gasteiger partial charge is 0.0416 e. The van der Waals surface area contributed by atoms with E-state index in [1.165, 1.54) is 6.20 Å². The Morgan fingerprint density at radius 2 is 2.00 bits per heavy atom. The number of nitrogens with one attached hydrogen (secondary N) is 1. The molecule has 0 aliphatic carbocycles. The zero-order valence-corrected chi connectivity index (χ0v) is 4.65. The van der Waals surface area contributed by atoms with E-state index >= 15 is 0 Å². The van der Waals surface area contributed by atoms with Gasteiger partial charge in [0.15, 0.2) is 0 Å². The summed E-state index contributed by atoms with van der Waals surface area (Å²) in [5.41, 5.74) is 5.96. The van der Waals surface area contributed by atoms with Crippen molar-refractivity contribution in [3.8, 4) is 0 Å². The molecular weight excluding hydrogens is 148 g/mol. The molecule has 0 radical (unpaired) electrons. The minimum absolute atomic E-state index is 0. The van der Waals surface area contributed by atoms with E-state index in [-0.39, 0.29) is 21.1 Å². The molecular formula is C2H4MoN2. The Kier molecular flexibility index (Phi) is 16.0. The van der Waals surface area contributed by atoms with E-state index in [1.54, 1.807) is 0 Å². The molecule has 2 nitrogen and oxygen atoms in total. The van der Waals surface area contributed by atoms with Crippen molar-refractivity contribution >= 4 is 0 Å². The maximum atomic E-state index is 5.96. The van der Waals surface area contributed by atoms with Crippen LogP contribution in [0.3, 0.4) is 0 Å². The van der Waals surface area contributed by atoms with Crippen LogP contribution < -0.4 is 0 Å². The van der Waals surface area contributed by atoms with Crippen LogP contribution in [0.4, 0.5) is 0 Å². The first-order valence-electron chi connectivity index (χ1n) is 0.890. The van der Waals surface area contributed by atoms with Crippen molar-refractivity contribution in [2.75, 3.05) is 0 Å². The summed E-state index contributed by atoms with van der Waals surface area (Å²) in [5, 5.41) is 2.75. The summed E-state index contributed by atoms with van der Waals surface area (Å²) in [6, 6.07) is 0. The molecule has 3 heteroatoms. The average Bonchev–Trinajstić information content (AvgIpc) is 1.37. The maximum Gasteiger partial charge on any atom is 0.0416 e. The van der Waals surface area contributed by atoms with Gasteiger partial charge in [0.2, 0.25) is 0 Å². The number of hydrogen-bond donors (Lipinski definition) is 1. The van der Waals surface area contributed by atoms with Gasteiger partial charge in [0.1, 0.15) is 0 Å². The molecule has 0 bridgehead atoms. The molecule has 0 amide bonds. The fraction of sp³-hybridized carbons (Fsp3) is 0. The topological polar surface area (TPSA) is 36.2 Å². The van der Waals surface area contributed by atoms with Gasteiger partial charge in [-0.2, -0.15) is 5.11 Å². The van der Waals surface area contributed by atoms with Gasteiger partial charge < -0.3 is 0 Å². The Morgan fingerprint density at radius 1 is 1.80 bits per heavy atom. The second kappa shape index (κ2) is 8.98. The van der Waals surface area contributed by atoms with Crippen LogP contribution in [0, 0.1) is 5.53 Å². The van der Waals surface area contributed by atoms with Crippen LogP contribution in [-0.2, 0) is 21.1 Å². The van der Waals surface area contributed by atoms with Gasteiger partial charge in [-0.15, -0.1) is 0 Å². The molecule has 0 saturated carbocycles. The molecule has 0 aromatic carbocycles. The number of hydrogen-bond acceptors (Lipinski definition) is 2. The minimum Gasteiger partial charge on any atom is -0.205 e. The average molecular weight is 152 g/mol. The van der Waals surface area contributed by atoms with Gasteiger partial charge in [0.05, 0.1) is 0 Å². The molecule has 1 N–H and O–H groups in total. The second-order valence-corrected chi connectivity index (χ2v) is 0.312. The monoisotopic (exact) mass is 154 g/mol. The van der Waals surface area contributed by atoms with E-state index in [2.05, 4.69) is 11.7 Å². The zero-order chi connectivity index (χ0) is 3.41. The van der Waals surface area contributed by atoms with Gasteiger partial charge in [-0.3, -0.25) is 0 Å². The first-order valence-corrected chi connectivity index (χ1v) is 0.890. The third-order valence-corrected chi connectivity index (χ3v) is 0.0913. The molecule has 0 aromatic heterocycles. The van der Waals surface area contributed by atoms with Crippen LogP contribution in [0.1, 0.15) is 0 Å². The van der Waals surface area contributed by atoms with E-state index in [1.807, 2.05) is 0 Å². The predicted octanol–water partition coefficient (Wildman–Crippen LogP) is 1.16. The molecule has 0 saturated heterocycles. The zero-order valence-electron chi connectivity index (χ0n) is 2.64.